The molecule has 0 saturated carbocycles. The van der Waals surface area contributed by atoms with Crippen molar-refractivity contribution in [2.24, 2.45) is 5.92 Å². The molecule has 20 heavy (non-hydrogen) atoms. The third-order valence-corrected chi connectivity index (χ3v) is 4.83. The summed E-state index contributed by atoms with van der Waals surface area (Å²) in [5.74, 6) is 1.83. The minimum absolute atomic E-state index is 0.774. The molecule has 0 amide bonds. The summed E-state index contributed by atoms with van der Waals surface area (Å²) in [7, 11) is 0. The molecule has 0 N–H and O–H groups in total. The predicted octanol–water partition coefficient (Wildman–Crippen LogP) is 2.57. The molecule has 2 fully saturated rings. The van der Waals surface area contributed by atoms with Gasteiger partial charge in [0.15, 0.2) is 0 Å². The molecule has 110 valence electrons. The van der Waals surface area contributed by atoms with Crippen molar-refractivity contribution in [3.05, 3.63) is 18.6 Å². The molecule has 0 radical (unpaired) electrons. The Labute approximate surface area is 122 Å². The van der Waals surface area contributed by atoms with Crippen LogP contribution >= 0.6 is 0 Å². The summed E-state index contributed by atoms with van der Waals surface area (Å²) < 4.78 is 0. The molecule has 1 aromatic heterocycles. The monoisotopic (exact) mass is 274 g/mol. The van der Waals surface area contributed by atoms with Gasteiger partial charge in [0.25, 0.3) is 0 Å². The molecular formula is C16H26N4. The maximum Gasteiger partial charge on any atom is 0.147 e. The van der Waals surface area contributed by atoms with Crippen molar-refractivity contribution in [3.63, 3.8) is 0 Å². The molecule has 2 saturated heterocycles. The van der Waals surface area contributed by atoms with Gasteiger partial charge in [0.1, 0.15) is 5.82 Å². The van der Waals surface area contributed by atoms with Crippen LogP contribution in [-0.4, -0.2) is 47.1 Å². The molecule has 0 aliphatic carbocycles. The summed E-state index contributed by atoms with van der Waals surface area (Å²) in [6.45, 7) is 7.22. The maximum absolute atomic E-state index is 4.45. The second-order valence-corrected chi connectivity index (χ2v) is 6.36. The van der Waals surface area contributed by atoms with E-state index in [0.717, 1.165) is 30.9 Å². The van der Waals surface area contributed by atoms with Crippen LogP contribution in [0.1, 0.15) is 39.0 Å². The first kappa shape index (κ1) is 13.8. The Kier molecular flexibility index (Phi) is 4.51. The highest BCUT2D eigenvalue weighted by molar-refractivity contribution is 5.35. The Morgan fingerprint density at radius 2 is 2.10 bits per heavy atom. The van der Waals surface area contributed by atoms with Gasteiger partial charge in [0, 0.05) is 38.1 Å². The molecule has 4 nitrogen and oxygen atoms in total. The Bertz CT molecular complexity index is 408. The van der Waals surface area contributed by atoms with Crippen molar-refractivity contribution in [2.75, 3.05) is 31.1 Å². The first-order chi connectivity index (χ1) is 9.83. The van der Waals surface area contributed by atoms with Gasteiger partial charge in [-0.25, -0.2) is 4.98 Å². The van der Waals surface area contributed by atoms with E-state index in [2.05, 4.69) is 26.7 Å². The number of likely N-dealkylation sites (tertiary alicyclic amines) is 1. The second kappa shape index (κ2) is 6.53. The van der Waals surface area contributed by atoms with Gasteiger partial charge in [-0.05, 0) is 45.1 Å². The van der Waals surface area contributed by atoms with Gasteiger partial charge in [-0.15, -0.1) is 0 Å². The standard InChI is InChI=1S/C16H26N4/c1-14-5-2-3-9-19(14)12-15-6-4-10-20(13-15)16-11-17-7-8-18-16/h7-8,11,14-15H,2-6,9-10,12-13H2,1H3/t14-,15+/m0/s1. The lowest BCUT2D eigenvalue weighted by Gasteiger charge is -2.39. The Morgan fingerprint density at radius 1 is 1.15 bits per heavy atom. The molecule has 2 atom stereocenters. The van der Waals surface area contributed by atoms with Crippen molar-refractivity contribution < 1.29 is 0 Å². The summed E-state index contributed by atoms with van der Waals surface area (Å²) in [6, 6.07) is 0.774. The van der Waals surface area contributed by atoms with Crippen LogP contribution in [0.15, 0.2) is 18.6 Å². The van der Waals surface area contributed by atoms with Crippen LogP contribution in [0.5, 0.6) is 0 Å². The SMILES string of the molecule is C[C@H]1CCCCN1C[C@H]1CCCN(c2cnccn2)C1. The Hall–Kier alpha value is -1.16. The lowest BCUT2D eigenvalue weighted by atomic mass is 9.95. The molecule has 0 spiro atoms. The van der Waals surface area contributed by atoms with E-state index in [1.165, 1.54) is 45.2 Å². The topological polar surface area (TPSA) is 32.3 Å². The summed E-state index contributed by atoms with van der Waals surface area (Å²) in [4.78, 5) is 13.8. The minimum Gasteiger partial charge on any atom is -0.355 e. The van der Waals surface area contributed by atoms with Crippen LogP contribution < -0.4 is 4.90 Å². The predicted molar refractivity (Wildman–Crippen MR) is 81.9 cm³/mol. The average molecular weight is 274 g/mol. The van der Waals surface area contributed by atoms with Gasteiger partial charge in [-0.3, -0.25) is 4.98 Å². The van der Waals surface area contributed by atoms with Gasteiger partial charge in [0.05, 0.1) is 6.20 Å². The van der Waals surface area contributed by atoms with E-state index in [1.807, 2.05) is 6.20 Å². The molecule has 3 heterocycles. The Balaban J connectivity index is 1.58. The lowest BCUT2D eigenvalue weighted by Crippen LogP contribution is -2.45. The second-order valence-electron chi connectivity index (χ2n) is 6.36. The van der Waals surface area contributed by atoms with Crippen LogP contribution in [0.2, 0.25) is 0 Å². The molecule has 3 rings (SSSR count). The zero-order valence-electron chi connectivity index (χ0n) is 12.5. The van der Waals surface area contributed by atoms with E-state index >= 15 is 0 Å². The van der Waals surface area contributed by atoms with Crippen LogP contribution in [0.25, 0.3) is 0 Å². The van der Waals surface area contributed by atoms with E-state index in [9.17, 15) is 0 Å². The van der Waals surface area contributed by atoms with Crippen LogP contribution in [0, 0.1) is 5.92 Å². The van der Waals surface area contributed by atoms with E-state index in [4.69, 9.17) is 0 Å². The number of hydrogen-bond donors (Lipinski definition) is 0. The van der Waals surface area contributed by atoms with Gasteiger partial charge in [0.2, 0.25) is 0 Å². The molecular weight excluding hydrogens is 248 g/mol. The van der Waals surface area contributed by atoms with Crippen molar-refractivity contribution in [2.45, 2.75) is 45.1 Å². The third-order valence-electron chi connectivity index (χ3n) is 4.83. The normalized spacial score (nSPS) is 28.6. The lowest BCUT2D eigenvalue weighted by molar-refractivity contribution is 0.130. The zero-order valence-corrected chi connectivity index (χ0v) is 12.5. The highest BCUT2D eigenvalue weighted by atomic mass is 15.2. The average Bonchev–Trinajstić information content (AvgIpc) is 2.51. The van der Waals surface area contributed by atoms with Crippen molar-refractivity contribution in [1.29, 1.82) is 0 Å². The number of piperidine rings is 2. The number of anilines is 1. The number of rotatable bonds is 3. The van der Waals surface area contributed by atoms with E-state index in [-0.39, 0.29) is 0 Å². The maximum atomic E-state index is 4.45. The summed E-state index contributed by atoms with van der Waals surface area (Å²) in [6.07, 6.45) is 12.3. The van der Waals surface area contributed by atoms with Gasteiger partial charge in [-0.1, -0.05) is 6.42 Å². The largest absolute Gasteiger partial charge is 0.355 e. The molecule has 1 aromatic rings. The van der Waals surface area contributed by atoms with Crippen molar-refractivity contribution >= 4 is 5.82 Å². The smallest absolute Gasteiger partial charge is 0.147 e. The molecule has 4 heteroatoms. The quantitative estimate of drug-likeness (QED) is 0.848. The minimum atomic E-state index is 0.774. The van der Waals surface area contributed by atoms with Gasteiger partial charge < -0.3 is 9.80 Å². The van der Waals surface area contributed by atoms with Crippen LogP contribution in [0.4, 0.5) is 5.82 Å². The highest BCUT2D eigenvalue weighted by Gasteiger charge is 2.26. The number of hydrogen-bond acceptors (Lipinski definition) is 4. The highest BCUT2D eigenvalue weighted by Crippen LogP contribution is 2.24. The van der Waals surface area contributed by atoms with Gasteiger partial charge >= 0.3 is 0 Å². The van der Waals surface area contributed by atoms with E-state index in [0.29, 0.717) is 0 Å². The van der Waals surface area contributed by atoms with Gasteiger partial charge in [-0.2, -0.15) is 0 Å². The van der Waals surface area contributed by atoms with E-state index < -0.39 is 0 Å². The molecule has 0 bridgehead atoms. The van der Waals surface area contributed by atoms with Crippen molar-refractivity contribution in [3.8, 4) is 0 Å². The zero-order chi connectivity index (χ0) is 13.8. The first-order valence-corrected chi connectivity index (χ1v) is 8.08. The molecule has 2 aliphatic heterocycles. The fourth-order valence-corrected chi connectivity index (χ4v) is 3.64. The molecule has 0 aromatic carbocycles. The first-order valence-electron chi connectivity index (χ1n) is 8.08. The third kappa shape index (κ3) is 3.29. The van der Waals surface area contributed by atoms with Crippen LogP contribution in [-0.2, 0) is 0 Å². The molecule has 0 unspecified atom stereocenters. The fraction of sp³-hybridized carbons (Fsp3) is 0.750. The van der Waals surface area contributed by atoms with E-state index in [1.54, 1.807) is 12.4 Å². The molecule has 2 aliphatic rings. The fourth-order valence-electron chi connectivity index (χ4n) is 3.64. The Morgan fingerprint density at radius 3 is 2.90 bits per heavy atom. The summed E-state index contributed by atoms with van der Waals surface area (Å²) >= 11 is 0. The number of nitrogens with zero attached hydrogens (tertiary/aromatic N) is 4. The van der Waals surface area contributed by atoms with Crippen molar-refractivity contribution in [1.82, 2.24) is 14.9 Å². The summed E-state index contributed by atoms with van der Waals surface area (Å²) in [5, 5.41) is 0. The number of aromatic nitrogens is 2. The summed E-state index contributed by atoms with van der Waals surface area (Å²) in [5.41, 5.74) is 0. The van der Waals surface area contributed by atoms with Crippen LogP contribution in [0.3, 0.4) is 0 Å².